The van der Waals surface area contributed by atoms with Gasteiger partial charge in [-0.15, -0.1) is 0 Å². The van der Waals surface area contributed by atoms with E-state index in [0.29, 0.717) is 5.56 Å². The van der Waals surface area contributed by atoms with E-state index in [-0.39, 0.29) is 17.0 Å². The number of nitrogens with zero attached hydrogens (tertiary/aromatic N) is 1. The Bertz CT molecular complexity index is 386. The van der Waals surface area contributed by atoms with Crippen molar-refractivity contribution in [2.75, 3.05) is 0 Å². The van der Waals surface area contributed by atoms with Crippen LogP contribution in [0.5, 0.6) is 5.75 Å². The van der Waals surface area contributed by atoms with E-state index in [0.717, 1.165) is 0 Å². The second kappa shape index (κ2) is 3.97. The van der Waals surface area contributed by atoms with Crippen molar-refractivity contribution >= 4 is 29.3 Å². The molecule has 1 rings (SSSR count). The van der Waals surface area contributed by atoms with Gasteiger partial charge in [0, 0.05) is 28.6 Å². The van der Waals surface area contributed by atoms with E-state index in [2.05, 4.69) is 18.8 Å². The molecule has 0 heterocycles. The van der Waals surface area contributed by atoms with E-state index < -0.39 is 4.92 Å². The average molecular weight is 209 g/mol. The molecule has 1 aromatic carbocycles. The summed E-state index contributed by atoms with van der Waals surface area (Å²) >= 11 is 4.62. The van der Waals surface area contributed by atoms with E-state index in [1.54, 1.807) is 0 Å². The largest absolute Gasteiger partial charge is 0.507 e. The molecule has 0 fully saturated rings. The minimum atomic E-state index is -0.547. The Hall–Kier alpha value is -1.75. The van der Waals surface area contributed by atoms with Gasteiger partial charge in [-0.25, -0.2) is 0 Å². The standard InChI is InChI=1S/C9H7NO3S/c1-2-6-3-8(10(12)13)4-7(5-14)9(6)11/h2-5,11H,1H2. The number of aromatic hydroxyl groups is 1. The minimum Gasteiger partial charge on any atom is -0.507 e. The van der Waals surface area contributed by atoms with E-state index in [1.807, 2.05) is 0 Å². The van der Waals surface area contributed by atoms with Crippen molar-refractivity contribution in [3.05, 3.63) is 40.0 Å². The van der Waals surface area contributed by atoms with Gasteiger partial charge in [-0.1, -0.05) is 24.9 Å². The summed E-state index contributed by atoms with van der Waals surface area (Å²) in [6, 6.07) is 2.46. The van der Waals surface area contributed by atoms with Crippen LogP contribution in [0.4, 0.5) is 5.69 Å². The third-order valence-electron chi connectivity index (χ3n) is 1.71. The molecular weight excluding hydrogens is 202 g/mol. The van der Waals surface area contributed by atoms with Gasteiger partial charge in [0.05, 0.1) is 4.92 Å². The van der Waals surface area contributed by atoms with Gasteiger partial charge in [-0.2, -0.15) is 0 Å². The first kappa shape index (κ1) is 10.3. The van der Waals surface area contributed by atoms with E-state index in [1.165, 1.54) is 23.6 Å². The van der Waals surface area contributed by atoms with Gasteiger partial charge in [0.15, 0.2) is 0 Å². The van der Waals surface area contributed by atoms with Crippen molar-refractivity contribution in [1.82, 2.24) is 0 Å². The van der Waals surface area contributed by atoms with E-state index in [4.69, 9.17) is 0 Å². The molecule has 1 aromatic rings. The molecule has 0 unspecified atom stereocenters. The first-order valence-corrected chi connectivity index (χ1v) is 4.16. The topological polar surface area (TPSA) is 63.4 Å². The summed E-state index contributed by atoms with van der Waals surface area (Å²) < 4.78 is 0. The summed E-state index contributed by atoms with van der Waals surface area (Å²) in [6.45, 7) is 3.44. The molecule has 0 amide bonds. The highest BCUT2D eigenvalue weighted by molar-refractivity contribution is 7.79. The van der Waals surface area contributed by atoms with Crippen LogP contribution in [0.25, 0.3) is 6.08 Å². The molecule has 0 spiro atoms. The first-order valence-electron chi connectivity index (χ1n) is 3.69. The fourth-order valence-corrected chi connectivity index (χ4v) is 1.19. The lowest BCUT2D eigenvalue weighted by molar-refractivity contribution is -0.384. The lowest BCUT2D eigenvalue weighted by atomic mass is 10.1. The minimum absolute atomic E-state index is 0.0828. The molecule has 4 nitrogen and oxygen atoms in total. The maximum Gasteiger partial charge on any atom is 0.270 e. The number of hydrogen-bond acceptors (Lipinski definition) is 4. The van der Waals surface area contributed by atoms with Crippen LogP contribution >= 0.6 is 12.2 Å². The Morgan fingerprint density at radius 1 is 1.50 bits per heavy atom. The van der Waals surface area contributed by atoms with Crippen molar-refractivity contribution in [2.45, 2.75) is 0 Å². The smallest absolute Gasteiger partial charge is 0.270 e. The Morgan fingerprint density at radius 2 is 2.07 bits per heavy atom. The monoisotopic (exact) mass is 209 g/mol. The summed E-state index contributed by atoms with van der Waals surface area (Å²) in [7, 11) is 0. The molecule has 0 bridgehead atoms. The van der Waals surface area contributed by atoms with Crippen LogP contribution in [0.2, 0.25) is 0 Å². The third kappa shape index (κ3) is 1.77. The molecule has 0 aliphatic heterocycles. The maximum absolute atomic E-state index is 10.5. The van der Waals surface area contributed by atoms with Crippen molar-refractivity contribution in [3.8, 4) is 5.75 Å². The molecule has 0 saturated heterocycles. The normalized spacial score (nSPS) is 9.43. The fraction of sp³-hybridized carbons (Fsp3) is 0. The van der Waals surface area contributed by atoms with Crippen LogP contribution < -0.4 is 0 Å². The predicted octanol–water partition coefficient (Wildman–Crippen LogP) is 2.29. The summed E-state index contributed by atoms with van der Waals surface area (Å²) in [4.78, 5) is 9.94. The average Bonchev–Trinajstić information content (AvgIpc) is 2.17. The molecule has 72 valence electrons. The number of non-ortho nitro benzene ring substituents is 1. The molecule has 0 aromatic heterocycles. The van der Waals surface area contributed by atoms with Gasteiger partial charge in [0.25, 0.3) is 5.69 Å². The second-order valence-corrected chi connectivity index (χ2v) is 2.79. The third-order valence-corrected chi connectivity index (χ3v) is 1.97. The van der Waals surface area contributed by atoms with Crippen molar-refractivity contribution < 1.29 is 10.0 Å². The van der Waals surface area contributed by atoms with Crippen LogP contribution in [-0.4, -0.2) is 15.4 Å². The van der Waals surface area contributed by atoms with Crippen LogP contribution in [0.15, 0.2) is 18.7 Å². The molecule has 0 radical (unpaired) electrons. The van der Waals surface area contributed by atoms with Crippen LogP contribution in [-0.2, 0) is 0 Å². The van der Waals surface area contributed by atoms with Gasteiger partial charge in [-0.3, -0.25) is 10.1 Å². The van der Waals surface area contributed by atoms with Gasteiger partial charge >= 0.3 is 0 Å². The SMILES string of the molecule is C=Cc1cc([N+](=O)[O-])cc(C=S)c1O. The Kier molecular flexibility index (Phi) is 2.93. The Labute approximate surface area is 85.6 Å². The van der Waals surface area contributed by atoms with Crippen LogP contribution in [0.3, 0.4) is 0 Å². The molecule has 0 aliphatic carbocycles. The zero-order valence-corrected chi connectivity index (χ0v) is 7.95. The number of phenolic OH excluding ortho intramolecular Hbond substituents is 1. The predicted molar refractivity (Wildman–Crippen MR) is 57.6 cm³/mol. The highest BCUT2D eigenvalue weighted by atomic mass is 32.1. The maximum atomic E-state index is 10.5. The van der Waals surface area contributed by atoms with Crippen LogP contribution in [0, 0.1) is 10.1 Å². The summed E-state index contributed by atoms with van der Waals surface area (Å²) in [5.41, 5.74) is 0.438. The number of benzene rings is 1. The van der Waals surface area contributed by atoms with Crippen molar-refractivity contribution in [3.63, 3.8) is 0 Å². The number of nitro benzene ring substituents is 1. The molecular formula is C9H7NO3S. The molecule has 5 heteroatoms. The molecule has 14 heavy (non-hydrogen) atoms. The number of nitro groups is 1. The quantitative estimate of drug-likeness (QED) is 0.471. The van der Waals surface area contributed by atoms with E-state index in [9.17, 15) is 15.2 Å². The highest BCUT2D eigenvalue weighted by Gasteiger charge is 2.12. The second-order valence-electron chi connectivity index (χ2n) is 2.55. The number of thiocarbonyl (C=S) groups is 1. The lowest BCUT2D eigenvalue weighted by Gasteiger charge is -2.02. The van der Waals surface area contributed by atoms with Gasteiger partial charge in [-0.05, 0) is 0 Å². The number of rotatable bonds is 3. The van der Waals surface area contributed by atoms with Gasteiger partial charge in [0.2, 0.25) is 0 Å². The van der Waals surface area contributed by atoms with Crippen molar-refractivity contribution in [1.29, 1.82) is 0 Å². The summed E-state index contributed by atoms with van der Waals surface area (Å²) in [6.07, 6.45) is 1.34. The lowest BCUT2D eigenvalue weighted by Crippen LogP contribution is -1.92. The first-order chi connectivity index (χ1) is 6.60. The molecule has 0 atom stereocenters. The van der Waals surface area contributed by atoms with Gasteiger partial charge in [0.1, 0.15) is 5.75 Å². The number of hydrogen-bond donors (Lipinski definition) is 1. The number of phenols is 1. The Morgan fingerprint density at radius 3 is 2.50 bits per heavy atom. The summed E-state index contributed by atoms with van der Waals surface area (Å²) in [5.74, 6) is -0.0828. The molecule has 0 aliphatic rings. The van der Waals surface area contributed by atoms with Crippen LogP contribution in [0.1, 0.15) is 11.1 Å². The summed E-state index contributed by atoms with van der Waals surface area (Å²) in [5, 5.41) is 21.2. The van der Waals surface area contributed by atoms with Crippen molar-refractivity contribution in [2.24, 2.45) is 0 Å². The molecule has 0 saturated carbocycles. The van der Waals surface area contributed by atoms with Gasteiger partial charge < -0.3 is 5.11 Å². The Balaban J connectivity index is 3.46. The zero-order chi connectivity index (χ0) is 10.7. The fourth-order valence-electron chi connectivity index (χ4n) is 1.01. The van der Waals surface area contributed by atoms with E-state index >= 15 is 0 Å². The highest BCUT2D eigenvalue weighted by Crippen LogP contribution is 2.27. The zero-order valence-electron chi connectivity index (χ0n) is 7.14. The molecule has 1 N–H and O–H groups in total.